The highest BCUT2D eigenvalue weighted by Gasteiger charge is 2.38. The van der Waals surface area contributed by atoms with Crippen LogP contribution in [0.15, 0.2) is 21.2 Å². The fraction of sp³-hybridized carbons (Fsp3) is 0.417. The van der Waals surface area contributed by atoms with Gasteiger partial charge >= 0.3 is 5.97 Å². The number of carboxylic acid groups (broad SMARTS) is 1. The monoisotopic (exact) mass is 360 g/mol. The lowest BCUT2D eigenvalue weighted by Crippen LogP contribution is -2.45. The highest BCUT2D eigenvalue weighted by atomic mass is 79.9. The van der Waals surface area contributed by atoms with Crippen molar-refractivity contribution in [3.63, 3.8) is 0 Å². The third-order valence-electron chi connectivity index (χ3n) is 3.08. The zero-order valence-corrected chi connectivity index (χ0v) is 12.4. The predicted octanol–water partition coefficient (Wildman–Crippen LogP) is -0.182. The van der Waals surface area contributed by atoms with E-state index in [2.05, 4.69) is 21.2 Å². The van der Waals surface area contributed by atoms with E-state index >= 15 is 0 Å². The first kappa shape index (κ1) is 15.5. The number of nitrogens with zero attached hydrogens (tertiary/aromatic N) is 1. The maximum Gasteiger partial charge on any atom is 0.326 e. The Kier molecular flexibility index (Phi) is 4.63. The lowest BCUT2D eigenvalue weighted by Gasteiger charge is -2.21. The van der Waals surface area contributed by atoms with Gasteiger partial charge in [0.15, 0.2) is 10.4 Å². The molecule has 0 spiro atoms. The van der Waals surface area contributed by atoms with Gasteiger partial charge in [-0.25, -0.2) is 4.79 Å². The van der Waals surface area contributed by atoms with Crippen LogP contribution in [0.2, 0.25) is 0 Å². The third kappa shape index (κ3) is 3.61. The first-order valence-electron chi connectivity index (χ1n) is 6.12. The number of likely N-dealkylation sites (tertiary alicyclic amines) is 1. The molecule has 1 aromatic rings. The summed E-state index contributed by atoms with van der Waals surface area (Å²) in [6.07, 6.45) is -0.882. The van der Waals surface area contributed by atoms with Gasteiger partial charge in [0, 0.05) is 13.0 Å². The second-order valence-corrected chi connectivity index (χ2v) is 5.36. The molecule has 2 amide bonds. The molecule has 0 saturated carbocycles. The molecular formula is C12H13BrN2O6. The maximum absolute atomic E-state index is 11.9. The van der Waals surface area contributed by atoms with Crippen LogP contribution in [-0.2, 0) is 9.59 Å². The van der Waals surface area contributed by atoms with Gasteiger partial charge in [-0.2, -0.15) is 0 Å². The molecule has 1 aliphatic rings. The summed E-state index contributed by atoms with van der Waals surface area (Å²) in [7, 11) is 0. The number of aliphatic carboxylic acids is 1. The molecule has 0 radical (unpaired) electrons. The van der Waals surface area contributed by atoms with Crippen LogP contribution in [0.4, 0.5) is 0 Å². The molecule has 2 atom stereocenters. The number of rotatable bonds is 4. The Morgan fingerprint density at radius 1 is 1.43 bits per heavy atom. The second-order valence-electron chi connectivity index (χ2n) is 4.58. The van der Waals surface area contributed by atoms with Crippen molar-refractivity contribution in [3.05, 3.63) is 22.6 Å². The Morgan fingerprint density at radius 2 is 2.14 bits per heavy atom. The van der Waals surface area contributed by atoms with Crippen molar-refractivity contribution < 1.29 is 29.0 Å². The molecule has 2 heterocycles. The molecule has 3 N–H and O–H groups in total. The summed E-state index contributed by atoms with van der Waals surface area (Å²) in [5.41, 5.74) is 0. The summed E-state index contributed by atoms with van der Waals surface area (Å²) in [5, 5.41) is 20.8. The first-order chi connectivity index (χ1) is 9.88. The minimum absolute atomic E-state index is 0.0137. The van der Waals surface area contributed by atoms with Gasteiger partial charge in [-0.3, -0.25) is 9.59 Å². The highest BCUT2D eigenvalue weighted by Crippen LogP contribution is 2.18. The molecule has 0 bridgehead atoms. The van der Waals surface area contributed by atoms with Crippen LogP contribution in [0.1, 0.15) is 17.0 Å². The molecule has 114 valence electrons. The summed E-state index contributed by atoms with van der Waals surface area (Å²) < 4.78 is 5.41. The summed E-state index contributed by atoms with van der Waals surface area (Å²) in [5.74, 6) is -2.30. The molecule has 0 aliphatic carbocycles. The van der Waals surface area contributed by atoms with Crippen molar-refractivity contribution in [2.45, 2.75) is 18.6 Å². The molecular weight excluding hydrogens is 348 g/mol. The Hall–Kier alpha value is -1.87. The van der Waals surface area contributed by atoms with Crippen molar-refractivity contribution in [1.82, 2.24) is 10.2 Å². The number of β-amino-alcohol motifs (C(OH)–C–C–N with tert-alkyl or cyclic N) is 1. The van der Waals surface area contributed by atoms with Crippen LogP contribution in [0.3, 0.4) is 0 Å². The van der Waals surface area contributed by atoms with E-state index in [0.717, 1.165) is 4.90 Å². The van der Waals surface area contributed by atoms with Gasteiger partial charge in [0.1, 0.15) is 6.04 Å². The van der Waals surface area contributed by atoms with Crippen molar-refractivity contribution in [1.29, 1.82) is 0 Å². The summed E-state index contributed by atoms with van der Waals surface area (Å²) in [4.78, 5) is 35.7. The first-order valence-corrected chi connectivity index (χ1v) is 6.91. The maximum atomic E-state index is 11.9. The number of amides is 2. The molecule has 9 heteroatoms. The van der Waals surface area contributed by atoms with Crippen molar-refractivity contribution in [3.8, 4) is 0 Å². The van der Waals surface area contributed by atoms with Crippen molar-refractivity contribution in [2.24, 2.45) is 0 Å². The normalized spacial score (nSPS) is 21.3. The summed E-state index contributed by atoms with van der Waals surface area (Å²) in [6.45, 7) is -0.425. The van der Waals surface area contributed by atoms with Crippen LogP contribution >= 0.6 is 15.9 Å². The number of carboxylic acids is 1. The zero-order valence-electron chi connectivity index (χ0n) is 10.8. The number of aliphatic hydroxyl groups excluding tert-OH is 1. The molecule has 8 nitrogen and oxygen atoms in total. The SMILES string of the molecule is O=C(NCC(=O)N1C[C@H](O)C[C@H]1C(=O)O)c1ccc(Br)o1. The lowest BCUT2D eigenvalue weighted by molar-refractivity contribution is -0.147. The van der Waals surface area contributed by atoms with Gasteiger partial charge < -0.3 is 24.8 Å². The third-order valence-corrected chi connectivity index (χ3v) is 3.51. The van der Waals surface area contributed by atoms with Gasteiger partial charge in [-0.15, -0.1) is 0 Å². The van der Waals surface area contributed by atoms with Gasteiger partial charge in [0.05, 0.1) is 12.6 Å². The van der Waals surface area contributed by atoms with Crippen molar-refractivity contribution >= 4 is 33.7 Å². The van der Waals surface area contributed by atoms with Crippen LogP contribution in [-0.4, -0.2) is 58.1 Å². The number of hydrogen-bond donors (Lipinski definition) is 3. The van der Waals surface area contributed by atoms with E-state index in [1.54, 1.807) is 0 Å². The topological polar surface area (TPSA) is 120 Å². The Bertz CT molecular complexity index is 572. The quantitative estimate of drug-likeness (QED) is 0.684. The number of carbonyl (C=O) groups excluding carboxylic acids is 2. The standard InChI is InChI=1S/C12H13BrN2O6/c13-9-2-1-8(21-9)11(18)14-4-10(17)15-5-6(16)3-7(15)12(19)20/h1-2,6-7,16H,3-5H2,(H,14,18)(H,19,20)/t6-,7+/m1/s1. The Balaban J connectivity index is 1.92. The van der Waals surface area contributed by atoms with Gasteiger partial charge in [0.25, 0.3) is 5.91 Å². The number of furan rings is 1. The van der Waals surface area contributed by atoms with Crippen LogP contribution < -0.4 is 5.32 Å². The number of halogens is 1. The molecule has 0 unspecified atom stereocenters. The van der Waals surface area contributed by atoms with E-state index in [0.29, 0.717) is 4.67 Å². The van der Waals surface area contributed by atoms with Crippen LogP contribution in [0.5, 0.6) is 0 Å². The average Bonchev–Trinajstić information content (AvgIpc) is 3.01. The van der Waals surface area contributed by atoms with E-state index in [-0.39, 0.29) is 25.3 Å². The largest absolute Gasteiger partial charge is 0.480 e. The van der Waals surface area contributed by atoms with Gasteiger partial charge in [0.2, 0.25) is 5.91 Å². The van der Waals surface area contributed by atoms with Crippen LogP contribution in [0.25, 0.3) is 0 Å². The fourth-order valence-corrected chi connectivity index (χ4v) is 2.41. The van der Waals surface area contributed by atoms with E-state index in [9.17, 15) is 19.5 Å². The van der Waals surface area contributed by atoms with Gasteiger partial charge in [-0.1, -0.05) is 0 Å². The number of nitrogens with one attached hydrogen (secondary N) is 1. The Labute approximate surface area is 127 Å². The molecule has 2 rings (SSSR count). The number of hydrogen-bond acceptors (Lipinski definition) is 5. The van der Waals surface area contributed by atoms with Crippen molar-refractivity contribution in [2.75, 3.05) is 13.1 Å². The molecule has 1 saturated heterocycles. The molecule has 1 aliphatic heterocycles. The van der Waals surface area contributed by atoms with E-state index < -0.39 is 29.9 Å². The zero-order chi connectivity index (χ0) is 15.6. The van der Waals surface area contributed by atoms with E-state index in [1.807, 2.05) is 0 Å². The molecule has 0 aromatic carbocycles. The van der Waals surface area contributed by atoms with E-state index in [4.69, 9.17) is 9.52 Å². The van der Waals surface area contributed by atoms with Gasteiger partial charge in [-0.05, 0) is 28.1 Å². The highest BCUT2D eigenvalue weighted by molar-refractivity contribution is 9.10. The smallest absolute Gasteiger partial charge is 0.326 e. The summed E-state index contributed by atoms with van der Waals surface area (Å²) in [6, 6.07) is 1.90. The molecule has 21 heavy (non-hydrogen) atoms. The average molecular weight is 361 g/mol. The lowest BCUT2D eigenvalue weighted by atomic mass is 10.2. The minimum Gasteiger partial charge on any atom is -0.480 e. The predicted molar refractivity (Wildman–Crippen MR) is 72.5 cm³/mol. The van der Waals surface area contributed by atoms with E-state index in [1.165, 1.54) is 12.1 Å². The Morgan fingerprint density at radius 3 is 2.71 bits per heavy atom. The number of aliphatic hydroxyl groups is 1. The number of carbonyl (C=O) groups is 3. The fourth-order valence-electron chi connectivity index (χ4n) is 2.10. The molecule has 1 aromatic heterocycles. The molecule has 1 fully saturated rings. The minimum atomic E-state index is -1.18. The summed E-state index contributed by atoms with van der Waals surface area (Å²) >= 11 is 3.05. The second kappa shape index (κ2) is 6.27. The van der Waals surface area contributed by atoms with Crippen LogP contribution in [0, 0.1) is 0 Å².